The number of nitrogens with zero attached hydrogens (tertiary/aromatic N) is 2. The van der Waals surface area contributed by atoms with Crippen LogP contribution in [0.1, 0.15) is 22.3 Å². The van der Waals surface area contributed by atoms with Crippen LogP contribution < -0.4 is 4.74 Å². The number of hydrogen-bond acceptors (Lipinski definition) is 6. The molecule has 0 spiro atoms. The largest absolute Gasteiger partial charge is 0.496 e. The minimum atomic E-state index is -0.639. The van der Waals surface area contributed by atoms with Gasteiger partial charge in [-0.2, -0.15) is 0 Å². The second kappa shape index (κ2) is 7.88. The molecule has 0 atom stereocenters. The third kappa shape index (κ3) is 4.50. The number of pyridine rings is 1. The molecule has 0 N–H and O–H groups in total. The molecule has 0 saturated heterocycles. The number of esters is 1. The van der Waals surface area contributed by atoms with Crippen LogP contribution in [0.15, 0.2) is 42.7 Å². The van der Waals surface area contributed by atoms with E-state index < -0.39 is 10.9 Å². The maximum atomic E-state index is 12.1. The van der Waals surface area contributed by atoms with Gasteiger partial charge in [-0.25, -0.2) is 4.79 Å². The molecule has 2 rings (SSSR count). The van der Waals surface area contributed by atoms with E-state index in [1.54, 1.807) is 12.4 Å². The van der Waals surface area contributed by atoms with Crippen LogP contribution in [0.3, 0.4) is 0 Å². The quantitative estimate of drug-likeness (QED) is 0.337. The molecule has 0 saturated carbocycles. The van der Waals surface area contributed by atoms with Crippen LogP contribution in [0, 0.1) is 10.1 Å². The first-order chi connectivity index (χ1) is 11.1. The van der Waals surface area contributed by atoms with Gasteiger partial charge < -0.3 is 9.47 Å². The number of carbonyl (C=O) groups is 1. The van der Waals surface area contributed by atoms with E-state index in [0.717, 1.165) is 18.1 Å². The molecular formula is C16H16N2O5. The van der Waals surface area contributed by atoms with E-state index in [9.17, 15) is 14.9 Å². The van der Waals surface area contributed by atoms with Crippen molar-refractivity contribution < 1.29 is 19.2 Å². The highest BCUT2D eigenvalue weighted by Crippen LogP contribution is 2.24. The highest BCUT2D eigenvalue weighted by molar-refractivity contribution is 5.93. The van der Waals surface area contributed by atoms with E-state index in [-0.39, 0.29) is 23.6 Å². The smallest absolute Gasteiger partial charge is 0.342 e. The van der Waals surface area contributed by atoms with E-state index >= 15 is 0 Å². The average Bonchev–Trinajstić information content (AvgIpc) is 2.58. The highest BCUT2D eigenvalue weighted by Gasteiger charge is 2.18. The summed E-state index contributed by atoms with van der Waals surface area (Å²) >= 11 is 0. The fourth-order valence-electron chi connectivity index (χ4n) is 2.04. The fourth-order valence-corrected chi connectivity index (χ4v) is 2.04. The molecule has 23 heavy (non-hydrogen) atoms. The number of hydrogen-bond donors (Lipinski definition) is 0. The van der Waals surface area contributed by atoms with Crippen molar-refractivity contribution >= 4 is 11.7 Å². The number of carbonyl (C=O) groups excluding carboxylic acids is 1. The fraction of sp³-hybridized carbons (Fsp3) is 0.250. The van der Waals surface area contributed by atoms with Crippen LogP contribution >= 0.6 is 0 Å². The summed E-state index contributed by atoms with van der Waals surface area (Å²) in [6, 6.07) is 7.60. The monoisotopic (exact) mass is 316 g/mol. The van der Waals surface area contributed by atoms with Gasteiger partial charge in [0, 0.05) is 24.5 Å². The number of aryl methyl sites for hydroxylation is 1. The summed E-state index contributed by atoms with van der Waals surface area (Å²) in [6.07, 6.45) is 4.81. The van der Waals surface area contributed by atoms with E-state index in [1.807, 2.05) is 12.1 Å². The first-order valence-electron chi connectivity index (χ1n) is 7.00. The van der Waals surface area contributed by atoms with Crippen LogP contribution in [0.25, 0.3) is 0 Å². The third-order valence-corrected chi connectivity index (χ3v) is 3.21. The molecule has 7 heteroatoms. The molecule has 0 aliphatic heterocycles. The summed E-state index contributed by atoms with van der Waals surface area (Å²) in [5, 5.41) is 10.8. The third-order valence-electron chi connectivity index (χ3n) is 3.21. The number of nitro benzene ring substituents is 1. The summed E-state index contributed by atoms with van der Waals surface area (Å²) in [5.41, 5.74) is 0.962. The van der Waals surface area contributed by atoms with Crippen molar-refractivity contribution in [2.24, 2.45) is 0 Å². The summed E-state index contributed by atoms with van der Waals surface area (Å²) in [6.45, 7) is 0.215. The Balaban J connectivity index is 1.94. The maximum absolute atomic E-state index is 12.1. The van der Waals surface area contributed by atoms with Gasteiger partial charge in [0.25, 0.3) is 5.69 Å². The van der Waals surface area contributed by atoms with Crippen molar-refractivity contribution in [2.75, 3.05) is 13.7 Å². The molecule has 1 heterocycles. The van der Waals surface area contributed by atoms with Crippen molar-refractivity contribution in [1.29, 1.82) is 0 Å². The van der Waals surface area contributed by atoms with Crippen molar-refractivity contribution in [3.05, 3.63) is 64.0 Å². The van der Waals surface area contributed by atoms with Gasteiger partial charge in [-0.15, -0.1) is 0 Å². The van der Waals surface area contributed by atoms with Gasteiger partial charge >= 0.3 is 5.97 Å². The first kappa shape index (κ1) is 16.4. The molecule has 120 valence electrons. The molecule has 0 aliphatic carbocycles. The summed E-state index contributed by atoms with van der Waals surface area (Å²) in [4.78, 5) is 26.2. The highest BCUT2D eigenvalue weighted by atomic mass is 16.6. The standard InChI is InChI=1S/C16H16N2O5/c1-22-15-5-4-13(18(20)21)11-14(15)16(19)23-10-2-3-12-6-8-17-9-7-12/h4-9,11H,2-3,10H2,1H3. The van der Waals surface area contributed by atoms with Crippen LogP contribution in [-0.4, -0.2) is 29.6 Å². The Bertz CT molecular complexity index is 688. The van der Waals surface area contributed by atoms with Gasteiger partial charge in [0.15, 0.2) is 0 Å². The van der Waals surface area contributed by atoms with E-state index in [0.29, 0.717) is 6.42 Å². The van der Waals surface area contributed by atoms with Crippen LogP contribution in [0.5, 0.6) is 5.75 Å². The molecule has 7 nitrogen and oxygen atoms in total. The van der Waals surface area contributed by atoms with Gasteiger partial charge in [-0.05, 0) is 36.6 Å². The molecule has 0 aliphatic rings. The molecular weight excluding hydrogens is 300 g/mol. The topological polar surface area (TPSA) is 91.6 Å². The van der Waals surface area contributed by atoms with Gasteiger partial charge in [0.05, 0.1) is 18.6 Å². The van der Waals surface area contributed by atoms with Crippen LogP contribution in [-0.2, 0) is 11.2 Å². The van der Waals surface area contributed by atoms with E-state index in [2.05, 4.69) is 4.98 Å². The number of rotatable bonds is 7. The lowest BCUT2D eigenvalue weighted by atomic mass is 10.1. The Kier molecular flexibility index (Phi) is 5.62. The Morgan fingerprint density at radius 1 is 1.26 bits per heavy atom. The second-order valence-corrected chi connectivity index (χ2v) is 4.74. The molecule has 0 bridgehead atoms. The minimum absolute atomic E-state index is 0.0469. The van der Waals surface area contributed by atoms with Crippen LogP contribution in [0.4, 0.5) is 5.69 Å². The van der Waals surface area contributed by atoms with Gasteiger partial charge in [-0.1, -0.05) is 0 Å². The van der Waals surface area contributed by atoms with Crippen molar-refractivity contribution in [3.63, 3.8) is 0 Å². The molecule has 0 unspecified atom stereocenters. The van der Waals surface area contributed by atoms with E-state index in [4.69, 9.17) is 9.47 Å². The molecule has 1 aromatic heterocycles. The zero-order valence-electron chi connectivity index (χ0n) is 12.6. The maximum Gasteiger partial charge on any atom is 0.342 e. The number of non-ortho nitro benzene ring substituents is 1. The number of nitro groups is 1. The predicted molar refractivity (Wildman–Crippen MR) is 82.5 cm³/mol. The lowest BCUT2D eigenvalue weighted by molar-refractivity contribution is -0.384. The summed E-state index contributed by atoms with van der Waals surface area (Å²) in [5.74, 6) is -0.394. The van der Waals surface area contributed by atoms with Gasteiger partial charge in [0.1, 0.15) is 11.3 Å². The summed E-state index contributed by atoms with van der Waals surface area (Å²) in [7, 11) is 1.39. The average molecular weight is 316 g/mol. The second-order valence-electron chi connectivity index (χ2n) is 4.74. The number of methoxy groups -OCH3 is 1. The molecule has 0 amide bonds. The number of benzene rings is 1. The number of aromatic nitrogens is 1. The first-order valence-corrected chi connectivity index (χ1v) is 7.00. The van der Waals surface area contributed by atoms with Crippen molar-refractivity contribution in [3.8, 4) is 5.75 Å². The number of ether oxygens (including phenoxy) is 2. The van der Waals surface area contributed by atoms with Crippen molar-refractivity contribution in [2.45, 2.75) is 12.8 Å². The lowest BCUT2D eigenvalue weighted by Crippen LogP contribution is -2.09. The Hall–Kier alpha value is -2.96. The minimum Gasteiger partial charge on any atom is -0.496 e. The molecule has 1 aromatic carbocycles. The SMILES string of the molecule is COc1ccc([N+](=O)[O-])cc1C(=O)OCCCc1ccncc1. The van der Waals surface area contributed by atoms with Gasteiger partial charge in [-0.3, -0.25) is 15.1 Å². The van der Waals surface area contributed by atoms with E-state index in [1.165, 1.54) is 19.2 Å². The zero-order valence-corrected chi connectivity index (χ0v) is 12.6. The Morgan fingerprint density at radius 3 is 2.65 bits per heavy atom. The van der Waals surface area contributed by atoms with Crippen LogP contribution in [0.2, 0.25) is 0 Å². The normalized spacial score (nSPS) is 10.1. The zero-order chi connectivity index (χ0) is 16.7. The van der Waals surface area contributed by atoms with Crippen molar-refractivity contribution in [1.82, 2.24) is 4.98 Å². The van der Waals surface area contributed by atoms with Gasteiger partial charge in [0.2, 0.25) is 0 Å². The lowest BCUT2D eigenvalue weighted by Gasteiger charge is -2.08. The molecule has 0 fully saturated rings. The Morgan fingerprint density at radius 2 is 2.00 bits per heavy atom. The Labute approximate surface area is 133 Å². The predicted octanol–water partition coefficient (Wildman–Crippen LogP) is 2.79. The molecule has 2 aromatic rings. The molecule has 0 radical (unpaired) electrons. The summed E-state index contributed by atoms with van der Waals surface area (Å²) < 4.78 is 10.2.